The summed E-state index contributed by atoms with van der Waals surface area (Å²) in [6.45, 7) is 0. The van der Waals surface area contributed by atoms with Gasteiger partial charge in [-0.3, -0.25) is 4.79 Å². The Kier molecular flexibility index (Phi) is 3.63. The first-order valence-electron chi connectivity index (χ1n) is 5.02. The predicted molar refractivity (Wildman–Crippen MR) is 75.2 cm³/mol. The van der Waals surface area contributed by atoms with Crippen LogP contribution >= 0.6 is 22.6 Å². The van der Waals surface area contributed by atoms with Crippen molar-refractivity contribution in [3.63, 3.8) is 0 Å². The van der Waals surface area contributed by atoms with E-state index in [0.717, 1.165) is 3.57 Å². The highest BCUT2D eigenvalue weighted by atomic mass is 127. The molecule has 0 atom stereocenters. The molecule has 0 heterocycles. The van der Waals surface area contributed by atoms with Crippen LogP contribution in [0, 0.1) is 3.57 Å². The molecule has 2 rings (SSSR count). The standard InChI is InChI=1S/C13H10INO2/c14-9-6-7-11(12(16)8-9)13(17)15-10-4-2-1-3-5-10/h1-8,16H,(H,15,17). The fourth-order valence-corrected chi connectivity index (χ4v) is 1.89. The van der Waals surface area contributed by atoms with Gasteiger partial charge in [-0.2, -0.15) is 0 Å². The van der Waals surface area contributed by atoms with Crippen LogP contribution in [0.1, 0.15) is 10.4 Å². The van der Waals surface area contributed by atoms with E-state index in [1.165, 1.54) is 0 Å². The van der Waals surface area contributed by atoms with Gasteiger partial charge in [0.15, 0.2) is 0 Å². The maximum absolute atomic E-state index is 11.9. The van der Waals surface area contributed by atoms with Crippen LogP contribution in [0.25, 0.3) is 0 Å². The predicted octanol–water partition coefficient (Wildman–Crippen LogP) is 3.25. The van der Waals surface area contributed by atoms with Gasteiger partial charge in [0.05, 0.1) is 5.56 Å². The molecule has 2 aromatic rings. The second-order valence-corrected chi connectivity index (χ2v) is 4.73. The number of para-hydroxylation sites is 1. The second kappa shape index (κ2) is 5.18. The summed E-state index contributed by atoms with van der Waals surface area (Å²) < 4.78 is 0.886. The zero-order valence-corrected chi connectivity index (χ0v) is 11.0. The molecule has 2 N–H and O–H groups in total. The molecule has 0 aliphatic carbocycles. The van der Waals surface area contributed by atoms with Crippen molar-refractivity contribution >= 4 is 34.2 Å². The van der Waals surface area contributed by atoms with Crippen molar-refractivity contribution in [3.05, 3.63) is 57.7 Å². The SMILES string of the molecule is O=C(Nc1ccccc1)c1ccc(I)cc1O. The summed E-state index contributed by atoms with van der Waals surface area (Å²) in [4.78, 5) is 11.9. The Balaban J connectivity index is 2.21. The van der Waals surface area contributed by atoms with Crippen molar-refractivity contribution in [1.82, 2.24) is 0 Å². The molecule has 0 aliphatic rings. The number of phenolic OH excluding ortho intramolecular Hbond substituents is 1. The molecular formula is C13H10INO2. The molecule has 86 valence electrons. The van der Waals surface area contributed by atoms with Crippen LogP contribution in [0.3, 0.4) is 0 Å². The van der Waals surface area contributed by atoms with E-state index in [1.807, 2.05) is 18.2 Å². The van der Waals surface area contributed by atoms with Crippen LogP contribution in [0.2, 0.25) is 0 Å². The average molecular weight is 339 g/mol. The molecule has 0 spiro atoms. The molecule has 0 fully saturated rings. The van der Waals surface area contributed by atoms with Crippen LogP contribution in [0.5, 0.6) is 5.75 Å². The van der Waals surface area contributed by atoms with Gasteiger partial charge in [-0.05, 0) is 52.9 Å². The van der Waals surface area contributed by atoms with Crippen LogP contribution in [0.4, 0.5) is 5.69 Å². The number of carbonyl (C=O) groups is 1. The van der Waals surface area contributed by atoms with E-state index in [-0.39, 0.29) is 17.2 Å². The average Bonchev–Trinajstić information content (AvgIpc) is 2.30. The summed E-state index contributed by atoms with van der Waals surface area (Å²) in [6.07, 6.45) is 0. The number of benzene rings is 2. The van der Waals surface area contributed by atoms with Gasteiger partial charge in [-0.1, -0.05) is 18.2 Å². The molecule has 2 aromatic carbocycles. The lowest BCUT2D eigenvalue weighted by molar-refractivity contribution is 0.102. The number of nitrogens with one attached hydrogen (secondary N) is 1. The summed E-state index contributed by atoms with van der Waals surface area (Å²) in [6, 6.07) is 14.1. The quantitative estimate of drug-likeness (QED) is 0.826. The van der Waals surface area contributed by atoms with Crippen molar-refractivity contribution in [2.45, 2.75) is 0 Å². The molecule has 0 saturated heterocycles. The zero-order valence-electron chi connectivity index (χ0n) is 8.85. The number of anilines is 1. The van der Waals surface area contributed by atoms with E-state index in [0.29, 0.717) is 5.69 Å². The minimum absolute atomic E-state index is 0.00895. The first-order valence-corrected chi connectivity index (χ1v) is 6.09. The Bertz CT molecular complexity index is 540. The third kappa shape index (κ3) is 2.97. The van der Waals surface area contributed by atoms with Gasteiger partial charge >= 0.3 is 0 Å². The number of hydrogen-bond donors (Lipinski definition) is 2. The zero-order chi connectivity index (χ0) is 12.3. The van der Waals surface area contributed by atoms with Gasteiger partial charge < -0.3 is 10.4 Å². The summed E-state index contributed by atoms with van der Waals surface area (Å²) in [5.74, 6) is -0.324. The lowest BCUT2D eigenvalue weighted by Gasteiger charge is -2.06. The summed E-state index contributed by atoms with van der Waals surface area (Å²) in [7, 11) is 0. The summed E-state index contributed by atoms with van der Waals surface area (Å²) >= 11 is 2.08. The number of halogens is 1. The molecule has 0 unspecified atom stereocenters. The Morgan fingerprint density at radius 3 is 2.47 bits per heavy atom. The lowest BCUT2D eigenvalue weighted by Crippen LogP contribution is -2.11. The summed E-state index contributed by atoms with van der Waals surface area (Å²) in [5.41, 5.74) is 0.977. The van der Waals surface area contributed by atoms with E-state index in [4.69, 9.17) is 0 Å². The highest BCUT2D eigenvalue weighted by molar-refractivity contribution is 14.1. The Hall–Kier alpha value is -1.56. The fourth-order valence-electron chi connectivity index (χ4n) is 1.42. The molecule has 0 aromatic heterocycles. The fraction of sp³-hybridized carbons (Fsp3) is 0. The molecule has 0 radical (unpaired) electrons. The lowest BCUT2D eigenvalue weighted by atomic mass is 10.2. The van der Waals surface area contributed by atoms with E-state index in [2.05, 4.69) is 27.9 Å². The van der Waals surface area contributed by atoms with E-state index in [1.54, 1.807) is 30.3 Å². The second-order valence-electron chi connectivity index (χ2n) is 3.48. The molecular weight excluding hydrogens is 329 g/mol. The van der Waals surface area contributed by atoms with Crippen molar-refractivity contribution < 1.29 is 9.90 Å². The first-order chi connectivity index (χ1) is 8.16. The Labute approximate surface area is 113 Å². The topological polar surface area (TPSA) is 49.3 Å². The third-order valence-corrected chi connectivity index (χ3v) is 2.91. The summed E-state index contributed by atoms with van der Waals surface area (Å²) in [5, 5.41) is 12.4. The number of phenols is 1. The number of rotatable bonds is 2. The van der Waals surface area contributed by atoms with Crippen LogP contribution < -0.4 is 5.32 Å². The number of amides is 1. The normalized spacial score (nSPS) is 9.94. The maximum Gasteiger partial charge on any atom is 0.259 e. The smallest absolute Gasteiger partial charge is 0.259 e. The monoisotopic (exact) mass is 339 g/mol. The van der Waals surface area contributed by atoms with E-state index >= 15 is 0 Å². The molecule has 4 heteroatoms. The van der Waals surface area contributed by atoms with Crippen molar-refractivity contribution in [2.24, 2.45) is 0 Å². The van der Waals surface area contributed by atoms with Crippen molar-refractivity contribution in [3.8, 4) is 5.75 Å². The number of hydrogen-bond acceptors (Lipinski definition) is 2. The van der Waals surface area contributed by atoms with Gasteiger partial charge in [-0.25, -0.2) is 0 Å². The van der Waals surface area contributed by atoms with Crippen molar-refractivity contribution in [1.29, 1.82) is 0 Å². The van der Waals surface area contributed by atoms with Crippen LogP contribution in [0.15, 0.2) is 48.5 Å². The van der Waals surface area contributed by atoms with Crippen LogP contribution in [-0.4, -0.2) is 11.0 Å². The van der Waals surface area contributed by atoms with Gasteiger partial charge in [0, 0.05) is 9.26 Å². The molecule has 17 heavy (non-hydrogen) atoms. The molecule has 0 saturated carbocycles. The maximum atomic E-state index is 11.9. The largest absolute Gasteiger partial charge is 0.507 e. The first kappa shape index (κ1) is 11.9. The minimum atomic E-state index is -0.315. The van der Waals surface area contributed by atoms with E-state index < -0.39 is 0 Å². The molecule has 0 aliphatic heterocycles. The van der Waals surface area contributed by atoms with Gasteiger partial charge in [0.1, 0.15) is 5.75 Å². The third-order valence-electron chi connectivity index (χ3n) is 2.24. The van der Waals surface area contributed by atoms with Crippen molar-refractivity contribution in [2.75, 3.05) is 5.32 Å². The van der Waals surface area contributed by atoms with Crippen LogP contribution in [-0.2, 0) is 0 Å². The van der Waals surface area contributed by atoms with Gasteiger partial charge in [-0.15, -0.1) is 0 Å². The number of carbonyl (C=O) groups excluding carboxylic acids is 1. The highest BCUT2D eigenvalue weighted by Crippen LogP contribution is 2.21. The number of aromatic hydroxyl groups is 1. The molecule has 1 amide bonds. The van der Waals surface area contributed by atoms with Gasteiger partial charge in [0.25, 0.3) is 5.91 Å². The highest BCUT2D eigenvalue weighted by Gasteiger charge is 2.11. The Morgan fingerprint density at radius 1 is 1.12 bits per heavy atom. The van der Waals surface area contributed by atoms with E-state index in [9.17, 15) is 9.90 Å². The molecule has 3 nitrogen and oxygen atoms in total. The van der Waals surface area contributed by atoms with Gasteiger partial charge in [0.2, 0.25) is 0 Å². The minimum Gasteiger partial charge on any atom is -0.507 e. The molecule has 0 bridgehead atoms. The Morgan fingerprint density at radius 2 is 1.82 bits per heavy atom.